The lowest BCUT2D eigenvalue weighted by Crippen LogP contribution is -2.14. The fraction of sp³-hybridized carbons (Fsp3) is 0.176. The van der Waals surface area contributed by atoms with Crippen LogP contribution < -0.4 is 5.73 Å². The minimum atomic E-state index is -0.0842. The number of pyridine rings is 2. The van der Waals surface area contributed by atoms with E-state index in [2.05, 4.69) is 41.2 Å². The van der Waals surface area contributed by atoms with Crippen molar-refractivity contribution in [1.29, 1.82) is 0 Å². The summed E-state index contributed by atoms with van der Waals surface area (Å²) in [4.78, 5) is 8.77. The predicted octanol–water partition coefficient (Wildman–Crippen LogP) is 3.18. The average Bonchev–Trinajstić information content (AvgIpc) is 2.48. The Morgan fingerprint density at radius 3 is 2.80 bits per heavy atom. The SMILES string of the molecule is Cc1cnc2cc(CC(N)c3ccccn3)ccc2c1. The molecular weight excluding hydrogens is 246 g/mol. The second-order valence-corrected chi connectivity index (χ2v) is 5.10. The van der Waals surface area contributed by atoms with Gasteiger partial charge in [-0.15, -0.1) is 0 Å². The normalized spacial score (nSPS) is 12.5. The number of aryl methyl sites for hydroxylation is 1. The van der Waals surface area contributed by atoms with Gasteiger partial charge in [0, 0.05) is 17.8 Å². The van der Waals surface area contributed by atoms with Crippen LogP contribution in [0.1, 0.15) is 22.9 Å². The van der Waals surface area contributed by atoms with E-state index in [4.69, 9.17) is 5.73 Å². The monoisotopic (exact) mass is 263 g/mol. The molecule has 3 aromatic rings. The molecule has 0 bridgehead atoms. The minimum absolute atomic E-state index is 0.0842. The quantitative estimate of drug-likeness (QED) is 0.789. The number of fused-ring (bicyclic) bond motifs is 1. The highest BCUT2D eigenvalue weighted by Crippen LogP contribution is 2.19. The highest BCUT2D eigenvalue weighted by Gasteiger charge is 2.08. The zero-order valence-corrected chi connectivity index (χ0v) is 11.5. The van der Waals surface area contributed by atoms with E-state index in [0.717, 1.165) is 17.6 Å². The van der Waals surface area contributed by atoms with Gasteiger partial charge in [0.15, 0.2) is 0 Å². The molecule has 20 heavy (non-hydrogen) atoms. The first-order valence-corrected chi connectivity index (χ1v) is 6.74. The van der Waals surface area contributed by atoms with Crippen molar-refractivity contribution in [1.82, 2.24) is 9.97 Å². The van der Waals surface area contributed by atoms with Gasteiger partial charge < -0.3 is 5.73 Å². The number of hydrogen-bond acceptors (Lipinski definition) is 3. The van der Waals surface area contributed by atoms with Crippen LogP contribution in [0.5, 0.6) is 0 Å². The number of benzene rings is 1. The first kappa shape index (κ1) is 12.8. The Labute approximate surface area is 118 Å². The zero-order valence-electron chi connectivity index (χ0n) is 11.5. The Morgan fingerprint density at radius 1 is 1.10 bits per heavy atom. The number of aromatic nitrogens is 2. The zero-order chi connectivity index (χ0) is 13.9. The molecule has 0 saturated carbocycles. The van der Waals surface area contributed by atoms with Gasteiger partial charge in [-0.05, 0) is 48.7 Å². The molecule has 2 N–H and O–H groups in total. The first-order chi connectivity index (χ1) is 9.72. The van der Waals surface area contributed by atoms with Crippen molar-refractivity contribution in [3.05, 3.63) is 71.7 Å². The largest absolute Gasteiger partial charge is 0.322 e. The third-order valence-corrected chi connectivity index (χ3v) is 3.41. The summed E-state index contributed by atoms with van der Waals surface area (Å²) in [7, 11) is 0. The van der Waals surface area contributed by atoms with Crippen molar-refractivity contribution in [2.45, 2.75) is 19.4 Å². The van der Waals surface area contributed by atoms with Gasteiger partial charge in [0.25, 0.3) is 0 Å². The highest BCUT2D eigenvalue weighted by atomic mass is 14.8. The van der Waals surface area contributed by atoms with Crippen molar-refractivity contribution in [3.63, 3.8) is 0 Å². The predicted molar refractivity (Wildman–Crippen MR) is 81.3 cm³/mol. The van der Waals surface area contributed by atoms with Gasteiger partial charge in [0.2, 0.25) is 0 Å². The maximum absolute atomic E-state index is 6.21. The lowest BCUT2D eigenvalue weighted by Gasteiger charge is -2.11. The van der Waals surface area contributed by atoms with Crippen molar-refractivity contribution in [2.75, 3.05) is 0 Å². The summed E-state index contributed by atoms with van der Waals surface area (Å²) in [6.45, 7) is 2.05. The lowest BCUT2D eigenvalue weighted by molar-refractivity contribution is 0.697. The van der Waals surface area contributed by atoms with Gasteiger partial charge in [-0.25, -0.2) is 0 Å². The molecule has 1 aromatic carbocycles. The van der Waals surface area contributed by atoms with Crippen LogP contribution in [0.15, 0.2) is 54.9 Å². The van der Waals surface area contributed by atoms with E-state index < -0.39 is 0 Å². The molecule has 3 nitrogen and oxygen atoms in total. The second kappa shape index (κ2) is 5.39. The molecule has 2 aromatic heterocycles. The Morgan fingerprint density at radius 2 is 2.00 bits per heavy atom. The fourth-order valence-corrected chi connectivity index (χ4v) is 2.36. The van der Waals surface area contributed by atoms with Crippen molar-refractivity contribution in [2.24, 2.45) is 5.73 Å². The topological polar surface area (TPSA) is 51.8 Å². The van der Waals surface area contributed by atoms with E-state index in [1.165, 1.54) is 16.5 Å². The maximum atomic E-state index is 6.21. The molecule has 0 saturated heterocycles. The van der Waals surface area contributed by atoms with Gasteiger partial charge in [-0.1, -0.05) is 18.2 Å². The van der Waals surface area contributed by atoms with E-state index in [1.807, 2.05) is 24.4 Å². The van der Waals surface area contributed by atoms with Gasteiger partial charge in [0.05, 0.1) is 17.3 Å². The van der Waals surface area contributed by atoms with Crippen LogP contribution in [-0.4, -0.2) is 9.97 Å². The molecule has 1 unspecified atom stereocenters. The van der Waals surface area contributed by atoms with E-state index in [0.29, 0.717) is 0 Å². The maximum Gasteiger partial charge on any atom is 0.0704 e. The minimum Gasteiger partial charge on any atom is -0.322 e. The molecule has 100 valence electrons. The Hall–Kier alpha value is -2.26. The summed E-state index contributed by atoms with van der Waals surface area (Å²) in [5.41, 5.74) is 10.5. The molecule has 3 heteroatoms. The van der Waals surface area contributed by atoms with Crippen LogP contribution in [-0.2, 0) is 6.42 Å². The van der Waals surface area contributed by atoms with Crippen LogP contribution in [0.2, 0.25) is 0 Å². The molecule has 0 spiro atoms. The van der Waals surface area contributed by atoms with Crippen LogP contribution in [0, 0.1) is 6.92 Å². The van der Waals surface area contributed by atoms with Crippen molar-refractivity contribution < 1.29 is 0 Å². The molecule has 0 radical (unpaired) electrons. The Bertz CT molecular complexity index is 723. The summed E-state index contributed by atoms with van der Waals surface area (Å²) in [5, 5.41) is 1.17. The summed E-state index contributed by atoms with van der Waals surface area (Å²) in [5.74, 6) is 0. The molecule has 3 rings (SSSR count). The third-order valence-electron chi connectivity index (χ3n) is 3.41. The van der Waals surface area contributed by atoms with Gasteiger partial charge >= 0.3 is 0 Å². The van der Waals surface area contributed by atoms with E-state index in [-0.39, 0.29) is 6.04 Å². The number of rotatable bonds is 3. The molecule has 0 fully saturated rings. The molecule has 0 aliphatic heterocycles. The molecule has 0 amide bonds. The van der Waals surface area contributed by atoms with Crippen LogP contribution in [0.4, 0.5) is 0 Å². The molecule has 0 aliphatic rings. The van der Waals surface area contributed by atoms with Crippen molar-refractivity contribution >= 4 is 10.9 Å². The van der Waals surface area contributed by atoms with Gasteiger partial charge in [0.1, 0.15) is 0 Å². The highest BCUT2D eigenvalue weighted by molar-refractivity contribution is 5.79. The summed E-state index contributed by atoms with van der Waals surface area (Å²) in [6.07, 6.45) is 4.44. The average molecular weight is 263 g/mol. The van der Waals surface area contributed by atoms with E-state index in [9.17, 15) is 0 Å². The van der Waals surface area contributed by atoms with Crippen molar-refractivity contribution in [3.8, 4) is 0 Å². The summed E-state index contributed by atoms with van der Waals surface area (Å²) in [6, 6.07) is 14.2. The standard InChI is InChI=1S/C17H17N3/c1-12-8-14-6-5-13(10-17(14)20-11-12)9-15(18)16-4-2-3-7-19-16/h2-8,10-11,15H,9,18H2,1H3. The fourth-order valence-electron chi connectivity index (χ4n) is 2.36. The van der Waals surface area contributed by atoms with Gasteiger partial charge in [-0.2, -0.15) is 0 Å². The summed E-state index contributed by atoms with van der Waals surface area (Å²) >= 11 is 0. The van der Waals surface area contributed by atoms with Gasteiger partial charge in [-0.3, -0.25) is 9.97 Å². The molecule has 2 heterocycles. The number of nitrogens with zero attached hydrogens (tertiary/aromatic N) is 2. The Kier molecular flexibility index (Phi) is 3.44. The summed E-state index contributed by atoms with van der Waals surface area (Å²) < 4.78 is 0. The third kappa shape index (κ3) is 2.68. The molecule has 0 aliphatic carbocycles. The van der Waals surface area contributed by atoms with E-state index in [1.54, 1.807) is 6.20 Å². The number of hydrogen-bond donors (Lipinski definition) is 1. The van der Waals surface area contributed by atoms with Crippen LogP contribution in [0.25, 0.3) is 10.9 Å². The van der Waals surface area contributed by atoms with Crippen LogP contribution >= 0.6 is 0 Å². The lowest BCUT2D eigenvalue weighted by atomic mass is 10.0. The smallest absolute Gasteiger partial charge is 0.0704 e. The molecular formula is C17H17N3. The Balaban J connectivity index is 1.86. The first-order valence-electron chi connectivity index (χ1n) is 6.74. The second-order valence-electron chi connectivity index (χ2n) is 5.10. The number of nitrogens with two attached hydrogens (primary N) is 1. The van der Waals surface area contributed by atoms with Crippen LogP contribution in [0.3, 0.4) is 0 Å². The molecule has 1 atom stereocenters. The van der Waals surface area contributed by atoms with E-state index >= 15 is 0 Å².